The fraction of sp³-hybridized carbons (Fsp3) is 0.143. The van der Waals surface area contributed by atoms with Crippen molar-refractivity contribution in [1.29, 1.82) is 0 Å². The lowest BCUT2D eigenvalue weighted by Crippen LogP contribution is -2.19. The van der Waals surface area contributed by atoms with Gasteiger partial charge in [-0.1, -0.05) is 30.3 Å². The summed E-state index contributed by atoms with van der Waals surface area (Å²) in [5.74, 6) is -1.11. The lowest BCUT2D eigenvalue weighted by molar-refractivity contribution is -0.153. The molecule has 3 aromatic rings. The Balaban J connectivity index is 1.77. The van der Waals surface area contributed by atoms with E-state index in [0.29, 0.717) is 23.6 Å². The fourth-order valence-corrected chi connectivity index (χ4v) is 2.51. The number of carboxylic acids is 1. The number of hydrogen-bond acceptors (Lipinski definition) is 4. The Hall–Kier alpha value is -3.55. The second kappa shape index (κ2) is 8.64. The molecule has 0 spiro atoms. The SMILES string of the molecule is O=C(O)c1cc(OCC(F)(F)F)cc(-c2ccc(OCc3ccccc3)nc2)c1. The van der Waals surface area contributed by atoms with Gasteiger partial charge in [-0.2, -0.15) is 13.2 Å². The number of benzene rings is 2. The molecule has 1 aromatic heterocycles. The number of aromatic carboxylic acids is 1. The van der Waals surface area contributed by atoms with E-state index in [1.165, 1.54) is 18.3 Å². The van der Waals surface area contributed by atoms with Crippen molar-refractivity contribution in [2.24, 2.45) is 0 Å². The summed E-state index contributed by atoms with van der Waals surface area (Å²) in [5, 5.41) is 9.22. The topological polar surface area (TPSA) is 68.7 Å². The van der Waals surface area contributed by atoms with E-state index in [2.05, 4.69) is 4.98 Å². The van der Waals surface area contributed by atoms with Gasteiger partial charge >= 0.3 is 12.1 Å². The van der Waals surface area contributed by atoms with Gasteiger partial charge in [0.2, 0.25) is 5.88 Å². The van der Waals surface area contributed by atoms with Crippen LogP contribution in [0.25, 0.3) is 11.1 Å². The van der Waals surface area contributed by atoms with Crippen molar-refractivity contribution in [3.63, 3.8) is 0 Å². The third kappa shape index (κ3) is 5.97. The Labute approximate surface area is 164 Å². The number of aromatic nitrogens is 1. The largest absolute Gasteiger partial charge is 0.484 e. The van der Waals surface area contributed by atoms with Gasteiger partial charge in [-0.25, -0.2) is 9.78 Å². The zero-order valence-corrected chi connectivity index (χ0v) is 15.0. The van der Waals surface area contributed by atoms with Crippen molar-refractivity contribution in [3.05, 3.63) is 78.0 Å². The maximum absolute atomic E-state index is 12.4. The highest BCUT2D eigenvalue weighted by Crippen LogP contribution is 2.28. The normalized spacial score (nSPS) is 11.1. The highest BCUT2D eigenvalue weighted by Gasteiger charge is 2.28. The van der Waals surface area contributed by atoms with Crippen molar-refractivity contribution >= 4 is 5.97 Å². The van der Waals surface area contributed by atoms with Crippen LogP contribution in [0, 0.1) is 0 Å². The molecule has 0 aliphatic carbocycles. The predicted octanol–water partition coefficient (Wildman–Crippen LogP) is 4.97. The molecule has 8 heteroatoms. The first-order valence-electron chi connectivity index (χ1n) is 8.51. The Morgan fingerprint density at radius 2 is 1.72 bits per heavy atom. The van der Waals surface area contributed by atoms with Crippen molar-refractivity contribution in [1.82, 2.24) is 4.98 Å². The van der Waals surface area contributed by atoms with Crippen molar-refractivity contribution < 1.29 is 32.5 Å². The number of pyridine rings is 1. The van der Waals surface area contributed by atoms with Gasteiger partial charge in [0.15, 0.2) is 6.61 Å². The Kier molecular flexibility index (Phi) is 6.01. The molecule has 0 saturated carbocycles. The molecule has 0 aliphatic heterocycles. The summed E-state index contributed by atoms with van der Waals surface area (Å²) in [6.45, 7) is -1.18. The third-order valence-corrected chi connectivity index (χ3v) is 3.86. The third-order valence-electron chi connectivity index (χ3n) is 3.86. The lowest BCUT2D eigenvalue weighted by atomic mass is 10.0. The summed E-state index contributed by atoms with van der Waals surface area (Å²) < 4.78 is 47.5. The van der Waals surface area contributed by atoms with E-state index in [9.17, 15) is 23.1 Å². The van der Waals surface area contributed by atoms with Crippen molar-refractivity contribution in [3.8, 4) is 22.8 Å². The molecule has 5 nitrogen and oxygen atoms in total. The first kappa shape index (κ1) is 20.2. The lowest BCUT2D eigenvalue weighted by Gasteiger charge is -2.12. The molecule has 0 saturated heterocycles. The summed E-state index contributed by atoms with van der Waals surface area (Å²) >= 11 is 0. The van der Waals surface area contributed by atoms with Crippen LogP contribution < -0.4 is 9.47 Å². The predicted molar refractivity (Wildman–Crippen MR) is 99.0 cm³/mol. The number of carbonyl (C=O) groups is 1. The maximum atomic E-state index is 12.4. The summed E-state index contributed by atoms with van der Waals surface area (Å²) in [4.78, 5) is 15.5. The van der Waals surface area contributed by atoms with Gasteiger partial charge in [0.05, 0.1) is 5.56 Å². The average molecular weight is 403 g/mol. The number of carboxylic acid groups (broad SMARTS) is 1. The number of ether oxygens (including phenoxy) is 2. The van der Waals surface area contributed by atoms with Crippen LogP contribution in [0.2, 0.25) is 0 Å². The van der Waals surface area contributed by atoms with Gasteiger partial charge in [-0.3, -0.25) is 0 Å². The van der Waals surface area contributed by atoms with E-state index in [1.807, 2.05) is 30.3 Å². The number of halogens is 3. The summed E-state index contributed by atoms with van der Waals surface area (Å²) in [7, 11) is 0. The van der Waals surface area contributed by atoms with Crippen LogP contribution >= 0.6 is 0 Å². The van der Waals surface area contributed by atoms with Crippen LogP contribution in [0.4, 0.5) is 13.2 Å². The fourth-order valence-electron chi connectivity index (χ4n) is 2.51. The van der Waals surface area contributed by atoms with E-state index in [4.69, 9.17) is 9.47 Å². The van der Waals surface area contributed by atoms with Crippen LogP contribution in [0.3, 0.4) is 0 Å². The highest BCUT2D eigenvalue weighted by molar-refractivity contribution is 5.90. The standard InChI is InChI=1S/C21H16F3NO4/c22-21(23,24)13-29-18-9-16(8-17(10-18)20(26)27)15-6-7-19(25-11-15)28-12-14-4-2-1-3-5-14/h1-11H,12-13H2,(H,26,27). The first-order chi connectivity index (χ1) is 13.8. The summed E-state index contributed by atoms with van der Waals surface area (Å²) in [6, 6.07) is 16.5. The molecule has 0 fully saturated rings. The molecule has 0 radical (unpaired) electrons. The van der Waals surface area contributed by atoms with Crippen molar-refractivity contribution in [2.45, 2.75) is 12.8 Å². The molecule has 2 aromatic carbocycles. The molecule has 0 aliphatic rings. The smallest absolute Gasteiger partial charge is 0.422 e. The molecule has 0 atom stereocenters. The summed E-state index contributed by atoms with van der Waals surface area (Å²) in [5.41, 5.74) is 1.66. The minimum absolute atomic E-state index is 0.191. The molecule has 29 heavy (non-hydrogen) atoms. The van der Waals surface area contributed by atoms with Gasteiger partial charge in [0.1, 0.15) is 12.4 Å². The zero-order valence-electron chi connectivity index (χ0n) is 15.0. The molecule has 0 amide bonds. The number of rotatable bonds is 7. The van der Waals surface area contributed by atoms with Crippen LogP contribution in [0.15, 0.2) is 66.9 Å². The van der Waals surface area contributed by atoms with E-state index in [1.54, 1.807) is 12.1 Å². The minimum atomic E-state index is -4.53. The zero-order chi connectivity index (χ0) is 20.9. The van der Waals surface area contributed by atoms with E-state index in [0.717, 1.165) is 11.6 Å². The monoisotopic (exact) mass is 403 g/mol. The molecule has 1 heterocycles. The van der Waals surface area contributed by atoms with E-state index in [-0.39, 0.29) is 11.3 Å². The van der Waals surface area contributed by atoms with E-state index >= 15 is 0 Å². The Bertz CT molecular complexity index is 973. The minimum Gasteiger partial charge on any atom is -0.484 e. The highest BCUT2D eigenvalue weighted by atomic mass is 19.4. The van der Waals surface area contributed by atoms with Gasteiger partial charge in [-0.05, 0) is 35.4 Å². The Morgan fingerprint density at radius 1 is 0.966 bits per heavy atom. The summed E-state index contributed by atoms with van der Waals surface area (Å²) in [6.07, 6.45) is -3.08. The van der Waals surface area contributed by atoms with Crippen LogP contribution in [-0.4, -0.2) is 28.8 Å². The van der Waals surface area contributed by atoms with Crippen molar-refractivity contribution in [2.75, 3.05) is 6.61 Å². The number of hydrogen-bond donors (Lipinski definition) is 1. The molecule has 0 unspecified atom stereocenters. The van der Waals surface area contributed by atoms with Gasteiger partial charge in [0, 0.05) is 17.8 Å². The van der Waals surface area contributed by atoms with Gasteiger partial charge < -0.3 is 14.6 Å². The Morgan fingerprint density at radius 3 is 2.34 bits per heavy atom. The van der Waals surface area contributed by atoms with Crippen LogP contribution in [0.1, 0.15) is 15.9 Å². The quantitative estimate of drug-likeness (QED) is 0.604. The van der Waals surface area contributed by atoms with Crippen LogP contribution in [-0.2, 0) is 6.61 Å². The molecule has 150 valence electrons. The molecule has 0 bridgehead atoms. The van der Waals surface area contributed by atoms with Gasteiger partial charge in [0.25, 0.3) is 0 Å². The average Bonchev–Trinajstić information content (AvgIpc) is 2.71. The molecular formula is C21H16F3NO4. The second-order valence-corrected chi connectivity index (χ2v) is 6.11. The van der Waals surface area contributed by atoms with Crippen LogP contribution in [0.5, 0.6) is 11.6 Å². The molecule has 3 rings (SSSR count). The van der Waals surface area contributed by atoms with Gasteiger partial charge in [-0.15, -0.1) is 0 Å². The molecule has 1 N–H and O–H groups in total. The number of alkyl halides is 3. The second-order valence-electron chi connectivity index (χ2n) is 6.11. The maximum Gasteiger partial charge on any atom is 0.422 e. The first-order valence-corrected chi connectivity index (χ1v) is 8.51. The molecular weight excluding hydrogens is 387 g/mol. The van der Waals surface area contributed by atoms with E-state index < -0.39 is 18.8 Å². The number of nitrogens with zero attached hydrogens (tertiary/aromatic N) is 1.